The van der Waals surface area contributed by atoms with E-state index in [2.05, 4.69) is 41.4 Å². The standard InChI is InChI=1S/C18H29N3O2/c1-14-6-8-16(9-7-14)17(20(2)3)11-19-18(23)21-10-4-5-15(12-21)13-22/h6-9,15,17,22H,4-5,10-13H2,1-3H3,(H,19,23). The van der Waals surface area contributed by atoms with Crippen molar-refractivity contribution in [3.05, 3.63) is 35.4 Å². The fraction of sp³-hybridized carbons (Fsp3) is 0.611. The first-order valence-electron chi connectivity index (χ1n) is 8.38. The molecule has 2 rings (SSSR count). The first kappa shape index (κ1) is 17.8. The van der Waals surface area contributed by atoms with Crippen LogP contribution in [0.4, 0.5) is 4.79 Å². The Morgan fingerprint density at radius 1 is 1.39 bits per heavy atom. The van der Waals surface area contributed by atoms with E-state index in [0.29, 0.717) is 13.1 Å². The van der Waals surface area contributed by atoms with Gasteiger partial charge >= 0.3 is 6.03 Å². The van der Waals surface area contributed by atoms with Crippen LogP contribution in [-0.4, -0.2) is 61.3 Å². The minimum absolute atomic E-state index is 0.0258. The largest absolute Gasteiger partial charge is 0.396 e. The van der Waals surface area contributed by atoms with Gasteiger partial charge in [-0.05, 0) is 45.3 Å². The van der Waals surface area contributed by atoms with Crippen LogP contribution < -0.4 is 5.32 Å². The third kappa shape index (κ3) is 4.94. The number of carbonyl (C=O) groups is 1. The van der Waals surface area contributed by atoms with Crippen molar-refractivity contribution in [2.75, 3.05) is 40.3 Å². The number of hydrogen-bond donors (Lipinski definition) is 2. The van der Waals surface area contributed by atoms with Gasteiger partial charge in [0.2, 0.25) is 0 Å². The van der Waals surface area contributed by atoms with Crippen molar-refractivity contribution in [1.82, 2.24) is 15.1 Å². The summed E-state index contributed by atoms with van der Waals surface area (Å²) in [4.78, 5) is 16.3. The second-order valence-corrected chi connectivity index (χ2v) is 6.71. The normalized spacial score (nSPS) is 19.7. The molecule has 1 aromatic rings. The Balaban J connectivity index is 1.93. The second-order valence-electron chi connectivity index (χ2n) is 6.71. The molecule has 0 aliphatic carbocycles. The van der Waals surface area contributed by atoms with Gasteiger partial charge in [-0.15, -0.1) is 0 Å². The van der Waals surface area contributed by atoms with Gasteiger partial charge < -0.3 is 20.2 Å². The molecule has 23 heavy (non-hydrogen) atoms. The van der Waals surface area contributed by atoms with Crippen LogP contribution in [0, 0.1) is 12.8 Å². The number of urea groups is 1. The quantitative estimate of drug-likeness (QED) is 0.873. The van der Waals surface area contributed by atoms with Crippen LogP contribution in [0.15, 0.2) is 24.3 Å². The van der Waals surface area contributed by atoms with Crippen molar-refractivity contribution in [3.63, 3.8) is 0 Å². The van der Waals surface area contributed by atoms with Gasteiger partial charge in [-0.3, -0.25) is 0 Å². The Morgan fingerprint density at radius 3 is 2.70 bits per heavy atom. The average molecular weight is 319 g/mol. The lowest BCUT2D eigenvalue weighted by Gasteiger charge is -2.33. The molecule has 1 heterocycles. The first-order valence-corrected chi connectivity index (χ1v) is 8.38. The number of likely N-dealkylation sites (N-methyl/N-ethyl adjacent to an activating group) is 1. The van der Waals surface area contributed by atoms with Gasteiger partial charge in [0.1, 0.15) is 0 Å². The summed E-state index contributed by atoms with van der Waals surface area (Å²) in [7, 11) is 4.05. The molecule has 2 atom stereocenters. The van der Waals surface area contributed by atoms with Crippen molar-refractivity contribution < 1.29 is 9.90 Å². The predicted molar refractivity (Wildman–Crippen MR) is 92.4 cm³/mol. The molecule has 5 heteroatoms. The average Bonchev–Trinajstić information content (AvgIpc) is 2.56. The van der Waals surface area contributed by atoms with Crippen LogP contribution in [0.5, 0.6) is 0 Å². The summed E-state index contributed by atoms with van der Waals surface area (Å²) in [5.74, 6) is 0.219. The number of aliphatic hydroxyl groups excluding tert-OH is 1. The Hall–Kier alpha value is -1.59. The lowest BCUT2D eigenvalue weighted by Crippen LogP contribution is -2.47. The van der Waals surface area contributed by atoms with Crippen molar-refractivity contribution in [1.29, 1.82) is 0 Å². The predicted octanol–water partition coefficient (Wildman–Crippen LogP) is 2.01. The van der Waals surface area contributed by atoms with E-state index < -0.39 is 0 Å². The van der Waals surface area contributed by atoms with Crippen LogP contribution >= 0.6 is 0 Å². The summed E-state index contributed by atoms with van der Waals surface area (Å²) in [6.45, 7) is 4.24. The van der Waals surface area contributed by atoms with E-state index in [-0.39, 0.29) is 24.6 Å². The van der Waals surface area contributed by atoms with Gasteiger partial charge in [-0.2, -0.15) is 0 Å². The zero-order valence-electron chi connectivity index (χ0n) is 14.5. The molecular weight excluding hydrogens is 290 g/mol. The van der Waals surface area contributed by atoms with Gasteiger partial charge in [-0.1, -0.05) is 29.8 Å². The number of aliphatic hydroxyl groups is 1. The van der Waals surface area contributed by atoms with Gasteiger partial charge in [0.15, 0.2) is 0 Å². The van der Waals surface area contributed by atoms with Crippen molar-refractivity contribution in [2.24, 2.45) is 5.92 Å². The van der Waals surface area contributed by atoms with Crippen molar-refractivity contribution in [2.45, 2.75) is 25.8 Å². The number of rotatable bonds is 5. The third-order valence-electron chi connectivity index (χ3n) is 4.60. The highest BCUT2D eigenvalue weighted by molar-refractivity contribution is 5.74. The van der Waals surface area contributed by atoms with Crippen LogP contribution in [0.2, 0.25) is 0 Å². The lowest BCUT2D eigenvalue weighted by atomic mass is 9.99. The highest BCUT2D eigenvalue weighted by atomic mass is 16.3. The van der Waals surface area contributed by atoms with Crippen LogP contribution in [0.25, 0.3) is 0 Å². The van der Waals surface area contributed by atoms with E-state index in [0.717, 1.165) is 19.4 Å². The van der Waals surface area contributed by atoms with E-state index >= 15 is 0 Å². The summed E-state index contributed by atoms with van der Waals surface area (Å²) >= 11 is 0. The Morgan fingerprint density at radius 2 is 2.09 bits per heavy atom. The smallest absolute Gasteiger partial charge is 0.317 e. The molecule has 1 aliphatic heterocycles. The van der Waals surface area contributed by atoms with Crippen molar-refractivity contribution >= 4 is 6.03 Å². The van der Waals surface area contributed by atoms with Gasteiger partial charge in [0.25, 0.3) is 0 Å². The fourth-order valence-electron chi connectivity index (χ4n) is 3.08. The maximum absolute atomic E-state index is 12.4. The van der Waals surface area contributed by atoms with Crippen molar-refractivity contribution in [3.8, 4) is 0 Å². The maximum atomic E-state index is 12.4. The monoisotopic (exact) mass is 319 g/mol. The van der Waals surface area contributed by atoms with Gasteiger partial charge in [-0.25, -0.2) is 4.79 Å². The summed E-state index contributed by atoms with van der Waals surface area (Å²) in [5, 5.41) is 12.3. The number of benzene rings is 1. The number of nitrogens with zero attached hydrogens (tertiary/aromatic N) is 2. The van der Waals surface area contributed by atoms with Gasteiger partial charge in [0.05, 0.1) is 6.04 Å². The lowest BCUT2D eigenvalue weighted by molar-refractivity contribution is 0.128. The van der Waals surface area contributed by atoms with E-state index in [1.165, 1.54) is 11.1 Å². The number of aryl methyl sites for hydroxylation is 1. The van der Waals surface area contributed by atoms with E-state index in [4.69, 9.17) is 0 Å². The van der Waals surface area contributed by atoms with Gasteiger partial charge in [0, 0.05) is 26.2 Å². The molecule has 0 spiro atoms. The number of piperidine rings is 1. The molecule has 2 N–H and O–H groups in total. The molecule has 5 nitrogen and oxygen atoms in total. The Labute approximate surface area is 139 Å². The summed E-state index contributed by atoms with van der Waals surface area (Å²) in [6.07, 6.45) is 1.97. The Bertz CT molecular complexity index is 501. The van der Waals surface area contributed by atoms with E-state index in [1.54, 1.807) is 0 Å². The molecule has 0 bridgehead atoms. The molecule has 0 saturated carbocycles. The molecule has 1 aliphatic rings. The Kier molecular flexibility index (Phi) is 6.42. The molecule has 0 aromatic heterocycles. The minimum Gasteiger partial charge on any atom is -0.396 e. The number of carbonyl (C=O) groups excluding carboxylic acids is 1. The SMILES string of the molecule is Cc1ccc(C(CNC(=O)N2CCCC(CO)C2)N(C)C)cc1. The zero-order valence-corrected chi connectivity index (χ0v) is 14.5. The third-order valence-corrected chi connectivity index (χ3v) is 4.60. The highest BCUT2D eigenvalue weighted by Gasteiger charge is 2.24. The molecule has 1 aromatic carbocycles. The number of amides is 2. The summed E-state index contributed by atoms with van der Waals surface area (Å²) in [5.41, 5.74) is 2.44. The van der Waals surface area contributed by atoms with Crippen LogP contribution in [0.3, 0.4) is 0 Å². The zero-order chi connectivity index (χ0) is 16.8. The summed E-state index contributed by atoms with van der Waals surface area (Å²) < 4.78 is 0. The van der Waals surface area contributed by atoms with E-state index in [1.807, 2.05) is 19.0 Å². The molecular formula is C18H29N3O2. The topological polar surface area (TPSA) is 55.8 Å². The minimum atomic E-state index is -0.0258. The molecule has 128 valence electrons. The molecule has 1 fully saturated rings. The van der Waals surface area contributed by atoms with Crippen LogP contribution in [-0.2, 0) is 0 Å². The second kappa shape index (κ2) is 8.31. The highest BCUT2D eigenvalue weighted by Crippen LogP contribution is 2.19. The van der Waals surface area contributed by atoms with Crippen LogP contribution in [0.1, 0.15) is 30.0 Å². The number of nitrogens with one attached hydrogen (secondary N) is 1. The number of hydrogen-bond acceptors (Lipinski definition) is 3. The molecule has 2 amide bonds. The molecule has 0 radical (unpaired) electrons. The molecule has 1 saturated heterocycles. The first-order chi connectivity index (χ1) is 11.0. The van der Waals surface area contributed by atoms with E-state index in [9.17, 15) is 9.90 Å². The fourth-order valence-corrected chi connectivity index (χ4v) is 3.08. The number of likely N-dealkylation sites (tertiary alicyclic amines) is 1. The molecule has 2 unspecified atom stereocenters. The maximum Gasteiger partial charge on any atom is 0.317 e. The summed E-state index contributed by atoms with van der Waals surface area (Å²) in [6, 6.07) is 8.57.